The van der Waals surface area contributed by atoms with Crippen molar-refractivity contribution in [3.8, 4) is 0 Å². The standard InChI is InChI=1S/C13H22N2O4/c1-6-19-9(16)7-13(14-4)11(17)10(8(2)3)15(5)12(13)18/h8,10,14H,6-7H2,1-5H3/t10-,13-/m1/s1. The number of esters is 1. The Labute approximate surface area is 113 Å². The van der Waals surface area contributed by atoms with Crippen LogP contribution in [0.5, 0.6) is 0 Å². The number of carbonyl (C=O) groups excluding carboxylic acids is 3. The molecule has 108 valence electrons. The average Bonchev–Trinajstić information content (AvgIpc) is 2.51. The first kappa shape index (κ1) is 15.6. The number of amides is 1. The van der Waals surface area contributed by atoms with Gasteiger partial charge in [-0.25, -0.2) is 0 Å². The lowest BCUT2D eigenvalue weighted by Crippen LogP contribution is -2.56. The van der Waals surface area contributed by atoms with Crippen LogP contribution in [0.15, 0.2) is 0 Å². The van der Waals surface area contributed by atoms with Crippen LogP contribution in [0, 0.1) is 5.92 Å². The second kappa shape index (κ2) is 5.69. The zero-order valence-electron chi connectivity index (χ0n) is 12.1. The summed E-state index contributed by atoms with van der Waals surface area (Å²) in [5.41, 5.74) is -1.48. The summed E-state index contributed by atoms with van der Waals surface area (Å²) in [6.45, 7) is 5.67. The molecule has 1 heterocycles. The minimum Gasteiger partial charge on any atom is -0.466 e. The first-order valence-electron chi connectivity index (χ1n) is 6.48. The van der Waals surface area contributed by atoms with Gasteiger partial charge < -0.3 is 9.64 Å². The van der Waals surface area contributed by atoms with E-state index in [4.69, 9.17) is 4.74 Å². The molecule has 2 atom stereocenters. The van der Waals surface area contributed by atoms with Gasteiger partial charge in [0.2, 0.25) is 0 Å². The smallest absolute Gasteiger partial charge is 0.308 e. The van der Waals surface area contributed by atoms with Gasteiger partial charge in [0.1, 0.15) is 0 Å². The number of Topliss-reactive ketones (excluding diaryl/α,β-unsaturated/α-hetero) is 1. The molecule has 19 heavy (non-hydrogen) atoms. The Balaban J connectivity index is 3.09. The Morgan fingerprint density at radius 3 is 2.42 bits per heavy atom. The van der Waals surface area contributed by atoms with Crippen molar-refractivity contribution in [2.75, 3.05) is 20.7 Å². The molecule has 0 spiro atoms. The predicted octanol–water partition coefficient (Wildman–Crippen LogP) is -0.0365. The Bertz CT molecular complexity index is 394. The molecule has 0 radical (unpaired) electrons. The third-order valence-electron chi connectivity index (χ3n) is 3.57. The number of likely N-dealkylation sites (N-methyl/N-ethyl adjacent to an activating group) is 2. The van der Waals surface area contributed by atoms with Crippen molar-refractivity contribution < 1.29 is 19.1 Å². The molecular formula is C13H22N2O4. The van der Waals surface area contributed by atoms with Gasteiger partial charge >= 0.3 is 5.97 Å². The molecule has 1 saturated heterocycles. The number of ether oxygens (including phenoxy) is 1. The van der Waals surface area contributed by atoms with Gasteiger partial charge in [-0.2, -0.15) is 0 Å². The van der Waals surface area contributed by atoms with Crippen LogP contribution in [0.25, 0.3) is 0 Å². The summed E-state index contributed by atoms with van der Waals surface area (Å²) < 4.78 is 4.86. The van der Waals surface area contributed by atoms with Gasteiger partial charge in [0, 0.05) is 7.05 Å². The van der Waals surface area contributed by atoms with Crippen molar-refractivity contribution in [1.82, 2.24) is 10.2 Å². The SMILES string of the molecule is CCOC(=O)C[C@@]1(NC)C(=O)[C@@H](C(C)C)N(C)C1=O. The molecule has 0 saturated carbocycles. The van der Waals surface area contributed by atoms with E-state index in [0.29, 0.717) is 0 Å². The van der Waals surface area contributed by atoms with E-state index < -0.39 is 17.6 Å². The van der Waals surface area contributed by atoms with Crippen LogP contribution in [0.1, 0.15) is 27.2 Å². The molecule has 0 bridgehead atoms. The van der Waals surface area contributed by atoms with Crippen LogP contribution in [0.2, 0.25) is 0 Å². The summed E-state index contributed by atoms with van der Waals surface area (Å²) >= 11 is 0. The lowest BCUT2D eigenvalue weighted by atomic mass is 9.87. The van der Waals surface area contributed by atoms with Crippen molar-refractivity contribution in [3.05, 3.63) is 0 Å². The summed E-state index contributed by atoms with van der Waals surface area (Å²) in [6, 6.07) is -0.505. The van der Waals surface area contributed by atoms with Crippen LogP contribution in [-0.2, 0) is 19.1 Å². The molecule has 1 fully saturated rings. The molecule has 1 aliphatic rings. The number of nitrogens with zero attached hydrogens (tertiary/aromatic N) is 1. The van der Waals surface area contributed by atoms with Gasteiger partial charge in [0.25, 0.3) is 5.91 Å². The second-order valence-electron chi connectivity index (χ2n) is 5.11. The van der Waals surface area contributed by atoms with Crippen molar-refractivity contribution in [2.45, 2.75) is 38.8 Å². The third kappa shape index (κ3) is 2.49. The Kier molecular flexibility index (Phi) is 4.68. The van der Waals surface area contributed by atoms with E-state index in [1.165, 1.54) is 11.9 Å². The van der Waals surface area contributed by atoms with Crippen LogP contribution in [0.4, 0.5) is 0 Å². The number of ketones is 1. The summed E-state index contributed by atoms with van der Waals surface area (Å²) in [5.74, 6) is -1.17. The molecule has 0 aromatic rings. The van der Waals surface area contributed by atoms with Crippen LogP contribution in [-0.4, -0.2) is 54.8 Å². The van der Waals surface area contributed by atoms with E-state index in [1.807, 2.05) is 13.8 Å². The number of hydrogen-bond donors (Lipinski definition) is 1. The van der Waals surface area contributed by atoms with E-state index in [2.05, 4.69) is 5.32 Å². The first-order valence-corrected chi connectivity index (χ1v) is 6.48. The summed E-state index contributed by atoms with van der Waals surface area (Å²) in [5, 5.41) is 2.74. The van der Waals surface area contributed by atoms with Gasteiger partial charge in [-0.3, -0.25) is 19.7 Å². The molecule has 0 aliphatic carbocycles. The number of rotatable bonds is 5. The Morgan fingerprint density at radius 1 is 1.47 bits per heavy atom. The number of hydrogen-bond acceptors (Lipinski definition) is 5. The topological polar surface area (TPSA) is 75.7 Å². The third-order valence-corrected chi connectivity index (χ3v) is 3.57. The van der Waals surface area contributed by atoms with Gasteiger partial charge in [0.15, 0.2) is 11.3 Å². The number of carbonyl (C=O) groups is 3. The van der Waals surface area contributed by atoms with Crippen molar-refractivity contribution in [1.29, 1.82) is 0 Å². The molecule has 0 aromatic heterocycles. The van der Waals surface area contributed by atoms with E-state index in [1.54, 1.807) is 14.0 Å². The largest absolute Gasteiger partial charge is 0.466 e. The highest BCUT2D eigenvalue weighted by atomic mass is 16.5. The van der Waals surface area contributed by atoms with Crippen molar-refractivity contribution >= 4 is 17.7 Å². The van der Waals surface area contributed by atoms with Crippen LogP contribution >= 0.6 is 0 Å². The maximum Gasteiger partial charge on any atom is 0.308 e. The number of nitrogens with one attached hydrogen (secondary N) is 1. The maximum absolute atomic E-state index is 12.5. The molecule has 0 aromatic carbocycles. The van der Waals surface area contributed by atoms with Crippen molar-refractivity contribution in [2.24, 2.45) is 5.92 Å². The van der Waals surface area contributed by atoms with Crippen LogP contribution < -0.4 is 5.32 Å². The quantitative estimate of drug-likeness (QED) is 0.560. The normalized spacial score (nSPS) is 27.3. The van der Waals surface area contributed by atoms with Gasteiger partial charge in [-0.15, -0.1) is 0 Å². The molecule has 1 aliphatic heterocycles. The van der Waals surface area contributed by atoms with Crippen LogP contribution in [0.3, 0.4) is 0 Å². The minimum absolute atomic E-state index is 0.00105. The second-order valence-corrected chi connectivity index (χ2v) is 5.11. The molecule has 1 rings (SSSR count). The van der Waals surface area contributed by atoms with E-state index in [-0.39, 0.29) is 30.6 Å². The summed E-state index contributed by atoms with van der Waals surface area (Å²) in [7, 11) is 3.11. The molecular weight excluding hydrogens is 248 g/mol. The highest BCUT2D eigenvalue weighted by molar-refractivity contribution is 6.20. The summed E-state index contributed by atoms with van der Waals surface area (Å²) in [6.07, 6.45) is -0.261. The molecule has 6 nitrogen and oxygen atoms in total. The van der Waals surface area contributed by atoms with Gasteiger partial charge in [-0.1, -0.05) is 13.8 Å². The molecule has 1 amide bonds. The van der Waals surface area contributed by atoms with Crippen molar-refractivity contribution in [3.63, 3.8) is 0 Å². The fraction of sp³-hybridized carbons (Fsp3) is 0.769. The van der Waals surface area contributed by atoms with Gasteiger partial charge in [-0.05, 0) is 19.9 Å². The number of likely N-dealkylation sites (tertiary alicyclic amines) is 1. The monoisotopic (exact) mass is 270 g/mol. The van der Waals surface area contributed by atoms with Gasteiger partial charge in [0.05, 0.1) is 19.1 Å². The predicted molar refractivity (Wildman–Crippen MR) is 69.4 cm³/mol. The highest BCUT2D eigenvalue weighted by Gasteiger charge is 2.58. The van der Waals surface area contributed by atoms with E-state index in [0.717, 1.165) is 0 Å². The lowest BCUT2D eigenvalue weighted by molar-refractivity contribution is -0.150. The average molecular weight is 270 g/mol. The zero-order valence-corrected chi connectivity index (χ0v) is 12.1. The first-order chi connectivity index (χ1) is 8.81. The molecule has 0 unspecified atom stereocenters. The molecule has 1 N–H and O–H groups in total. The summed E-state index contributed by atoms with van der Waals surface area (Å²) in [4.78, 5) is 38.0. The highest BCUT2D eigenvalue weighted by Crippen LogP contribution is 2.30. The minimum atomic E-state index is -1.48. The maximum atomic E-state index is 12.5. The Morgan fingerprint density at radius 2 is 2.05 bits per heavy atom. The Hall–Kier alpha value is -1.43. The zero-order chi connectivity index (χ0) is 14.8. The molecule has 6 heteroatoms. The van der Waals surface area contributed by atoms with E-state index in [9.17, 15) is 14.4 Å². The fourth-order valence-corrected chi connectivity index (χ4v) is 2.62. The fourth-order valence-electron chi connectivity index (χ4n) is 2.62. The van der Waals surface area contributed by atoms with E-state index >= 15 is 0 Å². The lowest BCUT2D eigenvalue weighted by Gasteiger charge is -2.23.